The third-order valence-electron chi connectivity index (χ3n) is 5.27. The van der Waals surface area contributed by atoms with Gasteiger partial charge in [-0.2, -0.15) is 13.2 Å². The standard InChI is InChI=1S/C22H25F4N3O2/c1-31-19-8-7-16(13-18(19)23)15-28-9-11-29(12-10-28)20(30)14-27-21(22(24,25)26)17-5-3-2-4-6-17/h2-8,13,21,27H,9-12,14-15H2,1H3. The van der Waals surface area contributed by atoms with Gasteiger partial charge in [-0.05, 0) is 23.3 Å². The lowest BCUT2D eigenvalue weighted by Crippen LogP contribution is -2.51. The Labute approximate surface area is 178 Å². The van der Waals surface area contributed by atoms with E-state index in [1.807, 2.05) is 0 Å². The van der Waals surface area contributed by atoms with E-state index in [-0.39, 0.29) is 17.2 Å². The fraction of sp³-hybridized carbons (Fsp3) is 0.409. The number of methoxy groups -OCH3 is 1. The number of amides is 1. The van der Waals surface area contributed by atoms with Crippen molar-refractivity contribution in [2.75, 3.05) is 39.8 Å². The molecular weight excluding hydrogens is 414 g/mol. The summed E-state index contributed by atoms with van der Waals surface area (Å²) in [6.07, 6.45) is -4.51. The lowest BCUT2D eigenvalue weighted by Gasteiger charge is -2.35. The molecule has 31 heavy (non-hydrogen) atoms. The Balaban J connectivity index is 1.50. The van der Waals surface area contributed by atoms with E-state index in [0.717, 1.165) is 5.56 Å². The molecule has 0 aromatic heterocycles. The molecule has 9 heteroatoms. The molecule has 1 heterocycles. The van der Waals surface area contributed by atoms with Crippen LogP contribution in [0, 0.1) is 5.82 Å². The summed E-state index contributed by atoms with van der Waals surface area (Å²) in [6, 6.07) is 10.3. The van der Waals surface area contributed by atoms with Crippen LogP contribution in [0.1, 0.15) is 17.2 Å². The fourth-order valence-corrected chi connectivity index (χ4v) is 3.59. The summed E-state index contributed by atoms with van der Waals surface area (Å²) in [5.74, 6) is -0.628. The predicted octanol–water partition coefficient (Wildman–Crippen LogP) is 3.37. The molecule has 1 unspecified atom stereocenters. The van der Waals surface area contributed by atoms with Crippen LogP contribution >= 0.6 is 0 Å². The Bertz CT molecular complexity index is 869. The number of nitrogens with one attached hydrogen (secondary N) is 1. The minimum Gasteiger partial charge on any atom is -0.494 e. The van der Waals surface area contributed by atoms with Crippen molar-refractivity contribution >= 4 is 5.91 Å². The first-order valence-electron chi connectivity index (χ1n) is 9.95. The maximum Gasteiger partial charge on any atom is 0.407 e. The second-order valence-corrected chi connectivity index (χ2v) is 7.39. The molecule has 0 saturated carbocycles. The molecule has 2 aromatic rings. The van der Waals surface area contributed by atoms with E-state index in [1.165, 1.54) is 37.4 Å². The fourth-order valence-electron chi connectivity index (χ4n) is 3.59. The van der Waals surface area contributed by atoms with Gasteiger partial charge in [-0.3, -0.25) is 15.0 Å². The minimum atomic E-state index is -4.51. The molecule has 1 aliphatic heterocycles. The van der Waals surface area contributed by atoms with Crippen LogP contribution in [0.25, 0.3) is 0 Å². The number of nitrogens with zero attached hydrogens (tertiary/aromatic N) is 2. The van der Waals surface area contributed by atoms with E-state index in [2.05, 4.69) is 10.2 Å². The number of hydrogen-bond acceptors (Lipinski definition) is 4. The quantitative estimate of drug-likeness (QED) is 0.672. The molecule has 1 N–H and O–H groups in total. The van der Waals surface area contributed by atoms with Crippen LogP contribution in [-0.4, -0.2) is 61.7 Å². The molecule has 1 amide bonds. The van der Waals surface area contributed by atoms with Crippen LogP contribution < -0.4 is 10.1 Å². The molecule has 0 radical (unpaired) electrons. The molecule has 3 rings (SSSR count). The highest BCUT2D eigenvalue weighted by Gasteiger charge is 2.40. The van der Waals surface area contributed by atoms with Gasteiger partial charge in [-0.1, -0.05) is 36.4 Å². The summed E-state index contributed by atoms with van der Waals surface area (Å²) in [5, 5.41) is 2.36. The van der Waals surface area contributed by atoms with Crippen molar-refractivity contribution in [2.45, 2.75) is 18.8 Å². The second kappa shape index (κ2) is 10.1. The molecule has 1 fully saturated rings. The highest BCUT2D eigenvalue weighted by molar-refractivity contribution is 5.78. The first-order valence-corrected chi connectivity index (χ1v) is 9.95. The molecule has 1 aliphatic rings. The molecule has 0 bridgehead atoms. The number of piperazine rings is 1. The molecule has 5 nitrogen and oxygen atoms in total. The minimum absolute atomic E-state index is 0.0688. The lowest BCUT2D eigenvalue weighted by molar-refractivity contribution is -0.159. The number of carbonyl (C=O) groups excluding carboxylic acids is 1. The second-order valence-electron chi connectivity index (χ2n) is 7.39. The molecule has 2 aromatic carbocycles. The summed E-state index contributed by atoms with van der Waals surface area (Å²) in [4.78, 5) is 16.1. The van der Waals surface area contributed by atoms with E-state index < -0.39 is 24.6 Å². The molecule has 0 spiro atoms. The number of halogens is 4. The van der Waals surface area contributed by atoms with Crippen LogP contribution in [0.3, 0.4) is 0 Å². The SMILES string of the molecule is COc1ccc(CN2CCN(C(=O)CNC(c3ccccc3)C(F)(F)F)CC2)cc1F. The van der Waals surface area contributed by atoms with Crippen molar-refractivity contribution in [1.82, 2.24) is 15.1 Å². The van der Waals surface area contributed by atoms with Gasteiger partial charge in [-0.25, -0.2) is 4.39 Å². The number of carbonyl (C=O) groups is 1. The Morgan fingerprint density at radius 3 is 2.35 bits per heavy atom. The van der Waals surface area contributed by atoms with Gasteiger partial charge in [0, 0.05) is 32.7 Å². The Morgan fingerprint density at radius 2 is 1.77 bits per heavy atom. The van der Waals surface area contributed by atoms with Gasteiger partial charge in [0.2, 0.25) is 5.91 Å². The van der Waals surface area contributed by atoms with Crippen molar-refractivity contribution < 1.29 is 27.1 Å². The van der Waals surface area contributed by atoms with Crippen molar-refractivity contribution in [1.29, 1.82) is 0 Å². The van der Waals surface area contributed by atoms with Gasteiger partial charge in [0.25, 0.3) is 0 Å². The van der Waals surface area contributed by atoms with Crippen molar-refractivity contribution in [3.05, 3.63) is 65.5 Å². The van der Waals surface area contributed by atoms with E-state index >= 15 is 0 Å². The van der Waals surface area contributed by atoms with Gasteiger partial charge in [0.05, 0.1) is 13.7 Å². The summed E-state index contributed by atoms with van der Waals surface area (Å²) >= 11 is 0. The predicted molar refractivity (Wildman–Crippen MR) is 108 cm³/mol. The van der Waals surface area contributed by atoms with Gasteiger partial charge in [0.1, 0.15) is 6.04 Å². The van der Waals surface area contributed by atoms with Crippen LogP contribution in [0.15, 0.2) is 48.5 Å². The molecular formula is C22H25F4N3O2. The van der Waals surface area contributed by atoms with Crippen molar-refractivity contribution in [3.8, 4) is 5.75 Å². The van der Waals surface area contributed by atoms with E-state index in [4.69, 9.17) is 4.74 Å². The van der Waals surface area contributed by atoms with Gasteiger partial charge in [0.15, 0.2) is 11.6 Å². The number of rotatable bonds is 7. The van der Waals surface area contributed by atoms with E-state index in [9.17, 15) is 22.4 Å². The summed E-state index contributed by atoms with van der Waals surface area (Å²) < 4.78 is 59.0. The number of ether oxygens (including phenoxy) is 1. The maximum absolute atomic E-state index is 13.8. The van der Waals surface area contributed by atoms with E-state index in [0.29, 0.717) is 32.7 Å². The smallest absolute Gasteiger partial charge is 0.407 e. The van der Waals surface area contributed by atoms with Gasteiger partial charge >= 0.3 is 6.18 Å². The summed E-state index contributed by atoms with van der Waals surface area (Å²) in [7, 11) is 1.40. The zero-order valence-corrected chi connectivity index (χ0v) is 17.2. The Hall–Kier alpha value is -2.65. The number of alkyl halides is 3. The monoisotopic (exact) mass is 439 g/mol. The number of benzene rings is 2. The zero-order chi connectivity index (χ0) is 22.4. The molecule has 1 saturated heterocycles. The van der Waals surface area contributed by atoms with Crippen LogP contribution in [0.5, 0.6) is 5.75 Å². The normalized spacial score (nSPS) is 16.2. The topological polar surface area (TPSA) is 44.8 Å². The zero-order valence-electron chi connectivity index (χ0n) is 17.2. The molecule has 0 aliphatic carbocycles. The highest BCUT2D eigenvalue weighted by atomic mass is 19.4. The lowest BCUT2D eigenvalue weighted by atomic mass is 10.1. The van der Waals surface area contributed by atoms with Gasteiger partial charge in [-0.15, -0.1) is 0 Å². The largest absolute Gasteiger partial charge is 0.494 e. The van der Waals surface area contributed by atoms with Crippen molar-refractivity contribution in [2.24, 2.45) is 0 Å². The average Bonchev–Trinajstić information content (AvgIpc) is 2.74. The van der Waals surface area contributed by atoms with Gasteiger partial charge < -0.3 is 9.64 Å². The summed E-state index contributed by atoms with van der Waals surface area (Å²) in [5.41, 5.74) is 0.856. The first kappa shape index (κ1) is 23.0. The van der Waals surface area contributed by atoms with Crippen molar-refractivity contribution in [3.63, 3.8) is 0 Å². The first-order chi connectivity index (χ1) is 14.8. The molecule has 1 atom stereocenters. The Kier molecular flexibility index (Phi) is 7.50. The Morgan fingerprint density at radius 1 is 1.10 bits per heavy atom. The third-order valence-corrected chi connectivity index (χ3v) is 5.27. The summed E-state index contributed by atoms with van der Waals surface area (Å²) in [6.45, 7) is 2.04. The van der Waals surface area contributed by atoms with Crippen LogP contribution in [0.2, 0.25) is 0 Å². The maximum atomic E-state index is 13.8. The molecule has 168 valence electrons. The highest BCUT2D eigenvalue weighted by Crippen LogP contribution is 2.32. The van der Waals surface area contributed by atoms with Crippen LogP contribution in [-0.2, 0) is 11.3 Å². The average molecular weight is 439 g/mol. The van der Waals surface area contributed by atoms with Crippen LogP contribution in [0.4, 0.5) is 17.6 Å². The third kappa shape index (κ3) is 6.18. The number of hydrogen-bond donors (Lipinski definition) is 1. The van der Waals surface area contributed by atoms with E-state index in [1.54, 1.807) is 23.1 Å².